The third kappa shape index (κ3) is 6.11. The van der Waals surface area contributed by atoms with Gasteiger partial charge in [0, 0.05) is 12.3 Å². The van der Waals surface area contributed by atoms with Crippen molar-refractivity contribution >= 4 is 13.7 Å². The van der Waals surface area contributed by atoms with Crippen LogP contribution >= 0.6 is 7.75 Å². The van der Waals surface area contributed by atoms with E-state index in [-0.39, 0.29) is 11.7 Å². The van der Waals surface area contributed by atoms with Crippen LogP contribution in [0, 0.1) is 5.92 Å². The molecule has 6 atom stereocenters. The third-order valence-electron chi connectivity index (χ3n) is 5.62. The van der Waals surface area contributed by atoms with E-state index in [2.05, 4.69) is 5.09 Å². The van der Waals surface area contributed by atoms with Crippen LogP contribution < -0.4 is 20.9 Å². The van der Waals surface area contributed by atoms with Gasteiger partial charge in [-0.15, -0.1) is 0 Å². The first-order valence-electron chi connectivity index (χ1n) is 11.1. The van der Waals surface area contributed by atoms with Gasteiger partial charge in [0.05, 0.1) is 13.7 Å². The van der Waals surface area contributed by atoms with Crippen LogP contribution in [0.1, 0.15) is 27.0 Å². The topological polar surface area (TPSA) is 158 Å². The van der Waals surface area contributed by atoms with Gasteiger partial charge in [0.25, 0.3) is 5.56 Å². The van der Waals surface area contributed by atoms with Crippen LogP contribution in [0.25, 0.3) is 0 Å². The largest absolute Gasteiger partial charge is 0.468 e. The summed E-state index contributed by atoms with van der Waals surface area (Å²) in [6, 6.07) is 7.91. The zero-order chi connectivity index (χ0) is 26.7. The molecule has 1 aliphatic rings. The molecule has 1 unspecified atom stereocenters. The molecule has 198 valence electrons. The Kier molecular flexibility index (Phi) is 8.52. The van der Waals surface area contributed by atoms with E-state index in [0.29, 0.717) is 0 Å². The quantitative estimate of drug-likeness (QED) is 0.304. The number of para-hydroxylation sites is 1. The number of methoxy groups -OCH3 is 1. The van der Waals surface area contributed by atoms with Crippen molar-refractivity contribution in [2.45, 2.75) is 50.9 Å². The zero-order valence-electron chi connectivity index (χ0n) is 20.1. The van der Waals surface area contributed by atoms with Gasteiger partial charge in [-0.05, 0) is 25.0 Å². The molecular weight excluding hydrogens is 500 g/mol. The summed E-state index contributed by atoms with van der Waals surface area (Å²) in [7, 11) is -3.15. The number of aliphatic hydroxyl groups is 1. The number of aromatic amines is 1. The van der Waals surface area contributed by atoms with Gasteiger partial charge in [-0.2, -0.15) is 5.09 Å². The van der Waals surface area contributed by atoms with Gasteiger partial charge >= 0.3 is 19.4 Å². The van der Waals surface area contributed by atoms with Gasteiger partial charge < -0.3 is 19.1 Å². The molecule has 14 heteroatoms. The number of halogens is 1. The number of aliphatic hydroxyl groups excluding tert-OH is 1. The summed E-state index contributed by atoms with van der Waals surface area (Å²) < 4.78 is 51.3. The lowest BCUT2D eigenvalue weighted by atomic mass is 9.98. The Hall–Kier alpha value is -2.83. The SMILES string of the molecule is COC(=O)[C@@H](NP(=O)(OC[C@H]1O[C@@H](n2ccc(=O)[nH]c2=O)[C@](C)(F)[C@@H]1O)Oc1ccccc1)C(C)C. The van der Waals surface area contributed by atoms with Crippen LogP contribution in [0.5, 0.6) is 5.75 Å². The molecule has 1 aromatic carbocycles. The maximum Gasteiger partial charge on any atom is 0.459 e. The fourth-order valence-electron chi connectivity index (χ4n) is 3.62. The lowest BCUT2D eigenvalue weighted by Crippen LogP contribution is -2.44. The average molecular weight is 529 g/mol. The summed E-state index contributed by atoms with van der Waals surface area (Å²) in [5, 5.41) is 13.1. The van der Waals surface area contributed by atoms with E-state index in [1.165, 1.54) is 19.2 Å². The number of ether oxygens (including phenoxy) is 2. The normalized spacial score (nSPS) is 26.4. The number of esters is 1. The predicted molar refractivity (Wildman–Crippen MR) is 125 cm³/mol. The summed E-state index contributed by atoms with van der Waals surface area (Å²) >= 11 is 0. The molecule has 0 saturated carbocycles. The Balaban J connectivity index is 1.85. The second-order valence-corrected chi connectivity index (χ2v) is 10.4. The zero-order valence-corrected chi connectivity index (χ0v) is 21.0. The van der Waals surface area contributed by atoms with Crippen molar-refractivity contribution in [2.75, 3.05) is 13.7 Å². The number of nitrogens with zero attached hydrogens (tertiary/aromatic N) is 1. The number of H-pyrrole nitrogens is 1. The summed E-state index contributed by atoms with van der Waals surface area (Å²) in [4.78, 5) is 37.8. The molecule has 3 rings (SSSR count). The predicted octanol–water partition coefficient (Wildman–Crippen LogP) is 1.51. The van der Waals surface area contributed by atoms with E-state index >= 15 is 4.39 Å². The van der Waals surface area contributed by atoms with Crippen molar-refractivity contribution in [2.24, 2.45) is 5.92 Å². The highest BCUT2D eigenvalue weighted by Crippen LogP contribution is 2.47. The second kappa shape index (κ2) is 11.1. The van der Waals surface area contributed by atoms with Gasteiger partial charge in [-0.25, -0.2) is 13.8 Å². The minimum Gasteiger partial charge on any atom is -0.468 e. The number of rotatable bonds is 10. The highest BCUT2D eigenvalue weighted by molar-refractivity contribution is 7.52. The van der Waals surface area contributed by atoms with Crippen LogP contribution in [0.2, 0.25) is 0 Å². The molecule has 3 N–H and O–H groups in total. The molecular formula is C22H29FN3O9P. The molecule has 1 fully saturated rings. The van der Waals surface area contributed by atoms with Crippen LogP contribution in [-0.4, -0.2) is 58.3 Å². The third-order valence-corrected chi connectivity index (χ3v) is 7.15. The van der Waals surface area contributed by atoms with Crippen LogP contribution in [0.3, 0.4) is 0 Å². The van der Waals surface area contributed by atoms with Crippen molar-refractivity contribution in [3.05, 3.63) is 63.4 Å². The average Bonchev–Trinajstić information content (AvgIpc) is 3.05. The molecule has 0 radical (unpaired) electrons. The van der Waals surface area contributed by atoms with Crippen molar-refractivity contribution < 1.29 is 37.4 Å². The number of aromatic nitrogens is 2. The molecule has 2 aromatic rings. The Morgan fingerprint density at radius 2 is 1.97 bits per heavy atom. The van der Waals surface area contributed by atoms with Gasteiger partial charge in [0.2, 0.25) is 0 Å². The molecule has 0 spiro atoms. The fourth-order valence-corrected chi connectivity index (χ4v) is 5.28. The van der Waals surface area contributed by atoms with Crippen molar-refractivity contribution in [3.63, 3.8) is 0 Å². The highest BCUT2D eigenvalue weighted by atomic mass is 31.2. The van der Waals surface area contributed by atoms with E-state index in [4.69, 9.17) is 18.5 Å². The summed E-state index contributed by atoms with van der Waals surface area (Å²) in [5.74, 6) is -0.939. The number of alkyl halides is 1. The Morgan fingerprint density at radius 1 is 1.31 bits per heavy atom. The minimum atomic E-state index is -4.33. The number of nitrogens with one attached hydrogen (secondary N) is 2. The Morgan fingerprint density at radius 3 is 2.56 bits per heavy atom. The van der Waals surface area contributed by atoms with Crippen LogP contribution in [0.4, 0.5) is 4.39 Å². The minimum absolute atomic E-state index is 0.154. The van der Waals surface area contributed by atoms with Crippen LogP contribution in [-0.2, 0) is 23.4 Å². The molecule has 1 saturated heterocycles. The molecule has 1 aliphatic heterocycles. The number of carbonyl (C=O) groups is 1. The molecule has 0 aliphatic carbocycles. The van der Waals surface area contributed by atoms with Gasteiger partial charge in [0.1, 0.15) is 24.0 Å². The van der Waals surface area contributed by atoms with E-state index in [1.54, 1.807) is 32.0 Å². The summed E-state index contributed by atoms with van der Waals surface area (Å²) in [6.45, 7) is 3.75. The monoisotopic (exact) mass is 529 g/mol. The van der Waals surface area contributed by atoms with Gasteiger partial charge in [-0.1, -0.05) is 32.0 Å². The van der Waals surface area contributed by atoms with Crippen molar-refractivity contribution in [1.29, 1.82) is 0 Å². The lowest BCUT2D eigenvalue weighted by Gasteiger charge is -2.27. The Labute approximate surface area is 205 Å². The van der Waals surface area contributed by atoms with Crippen molar-refractivity contribution in [1.82, 2.24) is 14.6 Å². The first-order valence-corrected chi connectivity index (χ1v) is 12.6. The number of benzene rings is 1. The first-order chi connectivity index (χ1) is 16.9. The first kappa shape index (κ1) is 27.8. The van der Waals surface area contributed by atoms with E-state index < -0.39 is 61.7 Å². The van der Waals surface area contributed by atoms with Gasteiger partial charge in [-0.3, -0.25) is 23.7 Å². The van der Waals surface area contributed by atoms with E-state index in [9.17, 15) is 24.1 Å². The smallest absolute Gasteiger partial charge is 0.459 e. The molecule has 1 aromatic heterocycles. The highest BCUT2D eigenvalue weighted by Gasteiger charge is 2.56. The standard InChI is InChI=1S/C22H29FN3O9P/c1-13(2)17(19(29)32-4)25-36(31,35-14-8-6-5-7-9-14)33-12-15-18(28)22(3,23)20(34-15)26-11-10-16(27)24-21(26)30/h5-11,13,15,17-18,20,28H,12H2,1-4H3,(H,25,31)(H,24,27,30)/t15-,17+,18-,20-,22-,36?/m1/s1. The molecule has 2 heterocycles. The molecule has 0 amide bonds. The number of carbonyl (C=O) groups excluding carboxylic acids is 1. The maximum absolute atomic E-state index is 15.5. The molecule has 36 heavy (non-hydrogen) atoms. The van der Waals surface area contributed by atoms with Gasteiger partial charge in [0.15, 0.2) is 11.9 Å². The van der Waals surface area contributed by atoms with Crippen molar-refractivity contribution in [3.8, 4) is 5.75 Å². The fraction of sp³-hybridized carbons (Fsp3) is 0.500. The summed E-state index contributed by atoms with van der Waals surface area (Å²) in [5.41, 5.74) is -4.12. The second-order valence-electron chi connectivity index (χ2n) is 8.71. The number of hydrogen-bond donors (Lipinski definition) is 3. The number of hydrogen-bond acceptors (Lipinski definition) is 9. The molecule has 0 bridgehead atoms. The van der Waals surface area contributed by atoms with E-state index in [1.807, 2.05) is 4.98 Å². The lowest BCUT2D eigenvalue weighted by molar-refractivity contribution is -0.143. The Bertz CT molecular complexity index is 1220. The van der Waals surface area contributed by atoms with E-state index in [0.717, 1.165) is 23.8 Å². The maximum atomic E-state index is 15.5. The molecule has 12 nitrogen and oxygen atoms in total. The van der Waals surface area contributed by atoms with Crippen LogP contribution in [0.15, 0.2) is 52.2 Å². The summed E-state index contributed by atoms with van der Waals surface area (Å²) in [6.07, 6.45) is -3.79.